The van der Waals surface area contributed by atoms with Crippen LogP contribution in [0.25, 0.3) is 16.9 Å². The van der Waals surface area contributed by atoms with E-state index >= 15 is 0 Å². The minimum absolute atomic E-state index is 0.0875. The Bertz CT molecular complexity index is 986. The predicted molar refractivity (Wildman–Crippen MR) is 115 cm³/mol. The molecule has 1 aliphatic rings. The third kappa shape index (κ3) is 4.78. The van der Waals surface area contributed by atoms with Gasteiger partial charge in [0, 0.05) is 17.3 Å². The van der Waals surface area contributed by atoms with Crippen molar-refractivity contribution in [3.63, 3.8) is 0 Å². The maximum Gasteiger partial charge on any atom is 0.254 e. The van der Waals surface area contributed by atoms with Crippen LogP contribution in [-0.2, 0) is 4.79 Å². The number of para-hydroxylation sites is 1. The van der Waals surface area contributed by atoms with Gasteiger partial charge in [0.2, 0.25) is 0 Å². The number of hydrogen-bond acceptors (Lipinski definition) is 4. The molecule has 4 rings (SSSR count). The van der Waals surface area contributed by atoms with Gasteiger partial charge in [0.15, 0.2) is 0 Å². The van der Waals surface area contributed by atoms with Gasteiger partial charge in [0.05, 0.1) is 18.4 Å². The number of rotatable bonds is 6. The van der Waals surface area contributed by atoms with Gasteiger partial charge in [-0.25, -0.2) is 10.1 Å². The van der Waals surface area contributed by atoms with Crippen LogP contribution in [0.1, 0.15) is 24.0 Å². The second kappa shape index (κ2) is 8.84. The number of aromatic nitrogens is 2. The molecule has 0 spiro atoms. The Hall–Kier alpha value is -3.25. The van der Waals surface area contributed by atoms with E-state index < -0.39 is 0 Å². The fourth-order valence-corrected chi connectivity index (χ4v) is 3.48. The Balaban J connectivity index is 1.56. The molecule has 0 radical (unpaired) electrons. The Morgan fingerprint density at radius 1 is 1.10 bits per heavy atom. The first kappa shape index (κ1) is 19.1. The van der Waals surface area contributed by atoms with E-state index in [0.717, 1.165) is 48.4 Å². The first-order valence-corrected chi connectivity index (χ1v) is 9.95. The second-order valence-electron chi connectivity index (χ2n) is 7.36. The number of benzene rings is 2. The van der Waals surface area contributed by atoms with E-state index in [-0.39, 0.29) is 5.91 Å². The highest BCUT2D eigenvalue weighted by Crippen LogP contribution is 2.23. The number of nitrogens with one attached hydrogen (secondary N) is 1. The van der Waals surface area contributed by atoms with Crippen molar-refractivity contribution < 1.29 is 4.79 Å². The number of nitrogens with zero attached hydrogens (tertiary/aromatic N) is 4. The number of hydrogen-bond donors (Lipinski definition) is 1. The molecule has 2 aromatic carbocycles. The first-order valence-electron chi connectivity index (χ1n) is 9.95. The van der Waals surface area contributed by atoms with Crippen molar-refractivity contribution in [3.05, 3.63) is 71.9 Å². The summed E-state index contributed by atoms with van der Waals surface area (Å²) in [6.45, 7) is 4.42. The average Bonchev–Trinajstić information content (AvgIpc) is 3.39. The molecule has 1 fully saturated rings. The van der Waals surface area contributed by atoms with Gasteiger partial charge < -0.3 is 0 Å². The molecule has 1 saturated heterocycles. The largest absolute Gasteiger partial charge is 0.294 e. The summed E-state index contributed by atoms with van der Waals surface area (Å²) in [6.07, 6.45) is 5.93. The zero-order valence-corrected chi connectivity index (χ0v) is 16.6. The van der Waals surface area contributed by atoms with Gasteiger partial charge in [-0.2, -0.15) is 10.2 Å². The summed E-state index contributed by atoms with van der Waals surface area (Å²) in [7, 11) is 0. The lowest BCUT2D eigenvalue weighted by Crippen LogP contribution is -2.33. The smallest absolute Gasteiger partial charge is 0.254 e. The van der Waals surface area contributed by atoms with Crippen LogP contribution in [0, 0.1) is 6.92 Å². The van der Waals surface area contributed by atoms with Crippen LogP contribution in [0.2, 0.25) is 0 Å². The zero-order chi connectivity index (χ0) is 20.1. The molecule has 6 heteroatoms. The van der Waals surface area contributed by atoms with E-state index in [1.54, 1.807) is 6.21 Å². The van der Waals surface area contributed by atoms with Crippen molar-refractivity contribution in [3.8, 4) is 16.9 Å². The lowest BCUT2D eigenvalue weighted by Gasteiger charge is -2.12. The van der Waals surface area contributed by atoms with E-state index in [2.05, 4.69) is 46.6 Å². The van der Waals surface area contributed by atoms with Crippen LogP contribution in [0.15, 0.2) is 65.9 Å². The van der Waals surface area contributed by atoms with Crippen LogP contribution >= 0.6 is 0 Å². The maximum atomic E-state index is 12.1. The van der Waals surface area contributed by atoms with Gasteiger partial charge in [-0.3, -0.25) is 9.69 Å². The fraction of sp³-hybridized carbons (Fsp3) is 0.261. The van der Waals surface area contributed by atoms with Crippen LogP contribution in [0.4, 0.5) is 0 Å². The Morgan fingerprint density at radius 3 is 2.55 bits per heavy atom. The molecule has 3 aromatic rings. The van der Waals surface area contributed by atoms with Crippen LogP contribution in [0.5, 0.6) is 0 Å². The Morgan fingerprint density at radius 2 is 1.83 bits per heavy atom. The van der Waals surface area contributed by atoms with Gasteiger partial charge in [-0.15, -0.1) is 0 Å². The van der Waals surface area contributed by atoms with E-state index in [0.29, 0.717) is 6.54 Å². The molecule has 1 aromatic heterocycles. The molecule has 0 aliphatic carbocycles. The van der Waals surface area contributed by atoms with Crippen molar-refractivity contribution in [2.24, 2.45) is 5.10 Å². The Labute approximate surface area is 170 Å². The molecule has 2 heterocycles. The van der Waals surface area contributed by atoms with Crippen molar-refractivity contribution in [1.29, 1.82) is 0 Å². The lowest BCUT2D eigenvalue weighted by atomic mass is 10.1. The molecule has 6 nitrogen and oxygen atoms in total. The van der Waals surface area contributed by atoms with Crippen LogP contribution in [0.3, 0.4) is 0 Å². The summed E-state index contributed by atoms with van der Waals surface area (Å²) >= 11 is 0. The molecule has 0 unspecified atom stereocenters. The molecule has 0 atom stereocenters. The minimum atomic E-state index is -0.0875. The molecule has 148 valence electrons. The molecule has 1 N–H and O–H groups in total. The molecule has 1 amide bonds. The molecular weight excluding hydrogens is 362 g/mol. The number of likely N-dealkylation sites (tertiary alicyclic amines) is 1. The van der Waals surface area contributed by atoms with Gasteiger partial charge in [0.1, 0.15) is 5.69 Å². The summed E-state index contributed by atoms with van der Waals surface area (Å²) in [5.41, 5.74) is 7.49. The summed E-state index contributed by atoms with van der Waals surface area (Å²) in [5.74, 6) is -0.0875. The van der Waals surface area contributed by atoms with Crippen LogP contribution < -0.4 is 5.43 Å². The van der Waals surface area contributed by atoms with E-state index in [4.69, 9.17) is 5.10 Å². The Kier molecular flexibility index (Phi) is 5.81. The van der Waals surface area contributed by atoms with E-state index in [9.17, 15) is 4.79 Å². The van der Waals surface area contributed by atoms with Gasteiger partial charge >= 0.3 is 0 Å². The van der Waals surface area contributed by atoms with Crippen molar-refractivity contribution in [2.45, 2.75) is 19.8 Å². The molecule has 0 saturated carbocycles. The summed E-state index contributed by atoms with van der Waals surface area (Å²) < 4.78 is 1.84. The lowest BCUT2D eigenvalue weighted by molar-refractivity contribution is -0.121. The molecule has 0 bridgehead atoms. The highest BCUT2D eigenvalue weighted by atomic mass is 16.2. The maximum absolute atomic E-state index is 12.1. The number of amides is 1. The van der Waals surface area contributed by atoms with Crippen molar-refractivity contribution in [2.75, 3.05) is 19.6 Å². The fourth-order valence-electron chi connectivity index (χ4n) is 3.48. The topological polar surface area (TPSA) is 62.5 Å². The molecular formula is C23H25N5O. The normalized spacial score (nSPS) is 14.5. The monoisotopic (exact) mass is 387 g/mol. The summed E-state index contributed by atoms with van der Waals surface area (Å²) in [6, 6.07) is 18.2. The van der Waals surface area contributed by atoms with Gasteiger partial charge in [-0.1, -0.05) is 48.0 Å². The van der Waals surface area contributed by atoms with Gasteiger partial charge in [0.25, 0.3) is 5.91 Å². The molecule has 29 heavy (non-hydrogen) atoms. The highest BCUT2D eigenvalue weighted by molar-refractivity contribution is 5.89. The predicted octanol–water partition coefficient (Wildman–Crippen LogP) is 3.39. The number of aryl methyl sites for hydroxylation is 1. The zero-order valence-electron chi connectivity index (χ0n) is 16.6. The average molecular weight is 387 g/mol. The summed E-state index contributed by atoms with van der Waals surface area (Å²) in [5, 5.41) is 8.96. The van der Waals surface area contributed by atoms with Crippen LogP contribution in [-0.4, -0.2) is 46.4 Å². The van der Waals surface area contributed by atoms with Crippen molar-refractivity contribution in [1.82, 2.24) is 20.1 Å². The third-order valence-corrected chi connectivity index (χ3v) is 5.05. The second-order valence-corrected chi connectivity index (χ2v) is 7.36. The number of hydrazone groups is 1. The SMILES string of the molecule is Cc1ccc(-c2nn(-c3ccccc3)cc2C=NNC(=O)CN2CCCC2)cc1. The quantitative estimate of drug-likeness (QED) is 0.521. The minimum Gasteiger partial charge on any atom is -0.294 e. The highest BCUT2D eigenvalue weighted by Gasteiger charge is 2.15. The number of carbonyl (C=O) groups is 1. The van der Waals surface area contributed by atoms with E-state index in [1.807, 2.05) is 41.2 Å². The first-order chi connectivity index (χ1) is 14.2. The van der Waals surface area contributed by atoms with Crippen molar-refractivity contribution >= 4 is 12.1 Å². The summed E-state index contributed by atoms with van der Waals surface area (Å²) in [4.78, 5) is 14.3. The van der Waals surface area contributed by atoms with Gasteiger partial charge in [-0.05, 0) is 45.0 Å². The standard InChI is InChI=1S/C23H25N5O/c1-18-9-11-19(12-10-18)23-20(16-28(26-23)21-7-3-2-4-8-21)15-24-25-22(29)17-27-13-5-6-14-27/h2-4,7-12,15-16H,5-6,13-14,17H2,1H3,(H,25,29). The third-order valence-electron chi connectivity index (χ3n) is 5.05. The van der Waals surface area contributed by atoms with E-state index in [1.165, 1.54) is 5.56 Å². The molecule has 1 aliphatic heterocycles. The number of carbonyl (C=O) groups excluding carboxylic acids is 1.